The average molecular weight is 434 g/mol. The highest BCUT2D eigenvalue weighted by Crippen LogP contribution is 2.25. The van der Waals surface area contributed by atoms with Crippen LogP contribution >= 0.6 is 11.3 Å². The van der Waals surface area contributed by atoms with Gasteiger partial charge in [0.05, 0.1) is 26.9 Å². The van der Waals surface area contributed by atoms with Crippen LogP contribution in [0.5, 0.6) is 0 Å². The lowest BCUT2D eigenvalue weighted by molar-refractivity contribution is -0.123. The van der Waals surface area contributed by atoms with E-state index in [9.17, 15) is 18.0 Å². The molecule has 0 saturated carbocycles. The summed E-state index contributed by atoms with van der Waals surface area (Å²) in [6, 6.07) is 2.52. The summed E-state index contributed by atoms with van der Waals surface area (Å²) >= 11 is 1.12. The van der Waals surface area contributed by atoms with Crippen molar-refractivity contribution in [2.45, 2.75) is 37.1 Å². The van der Waals surface area contributed by atoms with Crippen molar-refractivity contribution in [1.82, 2.24) is 14.9 Å². The number of nitrogens with zero attached hydrogens (tertiary/aromatic N) is 1. The molecule has 1 saturated heterocycles. The van der Waals surface area contributed by atoms with Crippen LogP contribution in [0.25, 0.3) is 0 Å². The van der Waals surface area contributed by atoms with Gasteiger partial charge in [-0.15, -0.1) is 11.3 Å². The Morgan fingerprint density at radius 3 is 2.57 bits per heavy atom. The maximum absolute atomic E-state index is 12.7. The van der Waals surface area contributed by atoms with Gasteiger partial charge in [-0.05, 0) is 24.5 Å². The van der Waals surface area contributed by atoms with Crippen molar-refractivity contribution in [3.63, 3.8) is 0 Å². The number of thiophene rings is 1. The SMILES string of the molecule is COC(=O)NC(CC(C)C)C(=O)NCc1ccc(S(=O)(=O)N2CCOCC2)s1. The fourth-order valence-corrected chi connectivity index (χ4v) is 5.57. The zero-order valence-corrected chi connectivity index (χ0v) is 17.9. The number of hydrogen-bond acceptors (Lipinski definition) is 7. The Balaban J connectivity index is 1.98. The lowest BCUT2D eigenvalue weighted by Gasteiger charge is -2.25. The number of amides is 2. The smallest absolute Gasteiger partial charge is 0.407 e. The predicted molar refractivity (Wildman–Crippen MR) is 105 cm³/mol. The Morgan fingerprint density at radius 2 is 1.96 bits per heavy atom. The summed E-state index contributed by atoms with van der Waals surface area (Å²) in [6.45, 7) is 5.52. The molecule has 9 nitrogen and oxygen atoms in total. The number of hydrogen-bond donors (Lipinski definition) is 2. The monoisotopic (exact) mass is 433 g/mol. The fraction of sp³-hybridized carbons (Fsp3) is 0.647. The van der Waals surface area contributed by atoms with Crippen molar-refractivity contribution in [2.75, 3.05) is 33.4 Å². The van der Waals surface area contributed by atoms with E-state index in [0.717, 1.165) is 11.3 Å². The molecule has 0 aliphatic carbocycles. The zero-order valence-electron chi connectivity index (χ0n) is 16.3. The molecule has 1 aromatic rings. The van der Waals surface area contributed by atoms with Crippen LogP contribution in [0, 0.1) is 5.92 Å². The van der Waals surface area contributed by atoms with E-state index in [1.807, 2.05) is 13.8 Å². The third-order valence-electron chi connectivity index (χ3n) is 4.14. The van der Waals surface area contributed by atoms with Gasteiger partial charge >= 0.3 is 6.09 Å². The molecule has 2 N–H and O–H groups in total. The minimum atomic E-state index is -3.55. The molecule has 0 radical (unpaired) electrons. The molecule has 0 spiro atoms. The van der Waals surface area contributed by atoms with Crippen LogP contribution in [0.3, 0.4) is 0 Å². The maximum Gasteiger partial charge on any atom is 0.407 e. The summed E-state index contributed by atoms with van der Waals surface area (Å²) in [5, 5.41) is 5.27. The first kappa shape index (κ1) is 22.6. The first-order chi connectivity index (χ1) is 13.2. The van der Waals surface area contributed by atoms with Crippen LogP contribution in [0.2, 0.25) is 0 Å². The molecule has 1 unspecified atom stereocenters. The van der Waals surface area contributed by atoms with Gasteiger partial charge in [-0.3, -0.25) is 4.79 Å². The second kappa shape index (κ2) is 10.2. The van der Waals surface area contributed by atoms with Gasteiger partial charge < -0.3 is 20.1 Å². The third kappa shape index (κ3) is 6.16. The highest BCUT2D eigenvalue weighted by Gasteiger charge is 2.28. The number of rotatable bonds is 8. The molecule has 1 aliphatic heterocycles. The van der Waals surface area contributed by atoms with E-state index in [4.69, 9.17) is 4.74 Å². The number of nitrogens with one attached hydrogen (secondary N) is 2. The average Bonchev–Trinajstić information content (AvgIpc) is 3.15. The molecule has 1 fully saturated rings. The summed E-state index contributed by atoms with van der Waals surface area (Å²) in [4.78, 5) is 24.6. The van der Waals surface area contributed by atoms with Crippen LogP contribution in [-0.4, -0.2) is 64.2 Å². The highest BCUT2D eigenvalue weighted by molar-refractivity contribution is 7.91. The third-order valence-corrected chi connectivity index (χ3v) is 7.59. The predicted octanol–water partition coefficient (Wildman–Crippen LogP) is 1.16. The number of alkyl carbamates (subject to hydrolysis) is 1. The lowest BCUT2D eigenvalue weighted by atomic mass is 10.0. The van der Waals surface area contributed by atoms with Crippen molar-refractivity contribution in [3.05, 3.63) is 17.0 Å². The molecular formula is C17H27N3O6S2. The highest BCUT2D eigenvalue weighted by atomic mass is 32.2. The normalized spacial score (nSPS) is 16.6. The zero-order chi connectivity index (χ0) is 20.7. The Hall–Kier alpha value is -1.69. The second-order valence-electron chi connectivity index (χ2n) is 6.77. The van der Waals surface area contributed by atoms with Gasteiger partial charge in [0.25, 0.3) is 10.0 Å². The molecule has 0 aromatic carbocycles. The van der Waals surface area contributed by atoms with Crippen LogP contribution in [-0.2, 0) is 30.8 Å². The topological polar surface area (TPSA) is 114 Å². The fourth-order valence-electron chi connectivity index (χ4n) is 2.71. The van der Waals surface area contributed by atoms with E-state index in [0.29, 0.717) is 37.6 Å². The van der Waals surface area contributed by atoms with Crippen LogP contribution in [0.1, 0.15) is 25.1 Å². The molecule has 28 heavy (non-hydrogen) atoms. The van der Waals surface area contributed by atoms with Crippen LogP contribution in [0.15, 0.2) is 16.3 Å². The summed E-state index contributed by atoms with van der Waals surface area (Å²) in [7, 11) is -2.31. The summed E-state index contributed by atoms with van der Waals surface area (Å²) < 4.78 is 36.7. The number of methoxy groups -OCH3 is 1. The minimum absolute atomic E-state index is 0.180. The van der Waals surface area contributed by atoms with Gasteiger partial charge in [0.2, 0.25) is 5.91 Å². The van der Waals surface area contributed by atoms with Gasteiger partial charge in [0.15, 0.2) is 0 Å². The van der Waals surface area contributed by atoms with Crippen molar-refractivity contribution in [3.8, 4) is 0 Å². The molecule has 2 rings (SSSR count). The first-order valence-electron chi connectivity index (χ1n) is 9.03. The Labute approximate surface area is 169 Å². The van der Waals surface area contributed by atoms with Crippen molar-refractivity contribution < 1.29 is 27.5 Å². The summed E-state index contributed by atoms with van der Waals surface area (Å²) in [5.41, 5.74) is 0. The maximum atomic E-state index is 12.7. The van der Waals surface area contributed by atoms with E-state index in [1.54, 1.807) is 12.1 Å². The van der Waals surface area contributed by atoms with Crippen molar-refractivity contribution >= 4 is 33.4 Å². The molecule has 0 bridgehead atoms. The number of carbonyl (C=O) groups is 2. The van der Waals surface area contributed by atoms with Crippen molar-refractivity contribution in [1.29, 1.82) is 0 Å². The number of morpholine rings is 1. The number of sulfonamides is 1. The first-order valence-corrected chi connectivity index (χ1v) is 11.3. The van der Waals surface area contributed by atoms with Gasteiger partial charge in [-0.25, -0.2) is 13.2 Å². The summed E-state index contributed by atoms with van der Waals surface area (Å²) in [6.07, 6.45) is -0.210. The molecule has 158 valence electrons. The van der Waals surface area contributed by atoms with E-state index in [2.05, 4.69) is 15.4 Å². The van der Waals surface area contributed by atoms with Gasteiger partial charge in [0, 0.05) is 18.0 Å². The van der Waals surface area contributed by atoms with E-state index < -0.39 is 22.2 Å². The van der Waals surface area contributed by atoms with E-state index >= 15 is 0 Å². The standard InChI is InChI=1S/C17H27N3O6S2/c1-12(2)10-14(19-17(22)25-3)16(21)18-11-13-4-5-15(27-13)28(23,24)20-6-8-26-9-7-20/h4-5,12,14H,6-11H2,1-3H3,(H,18,21)(H,19,22). The van der Waals surface area contributed by atoms with Crippen LogP contribution in [0.4, 0.5) is 4.79 Å². The van der Waals surface area contributed by atoms with E-state index in [-0.39, 0.29) is 22.6 Å². The Morgan fingerprint density at radius 1 is 1.29 bits per heavy atom. The molecule has 11 heteroatoms. The Kier molecular flexibility index (Phi) is 8.23. The van der Waals surface area contributed by atoms with Crippen molar-refractivity contribution in [2.24, 2.45) is 5.92 Å². The number of ether oxygens (including phenoxy) is 2. The number of carbonyl (C=O) groups excluding carboxylic acids is 2. The molecule has 2 heterocycles. The molecule has 1 aromatic heterocycles. The molecule has 1 atom stereocenters. The lowest BCUT2D eigenvalue weighted by Crippen LogP contribution is -2.47. The van der Waals surface area contributed by atoms with Crippen LogP contribution < -0.4 is 10.6 Å². The minimum Gasteiger partial charge on any atom is -0.453 e. The van der Waals surface area contributed by atoms with E-state index in [1.165, 1.54) is 11.4 Å². The summed E-state index contributed by atoms with van der Waals surface area (Å²) in [5.74, 6) is -0.148. The quantitative estimate of drug-likeness (QED) is 0.636. The van der Waals surface area contributed by atoms with Gasteiger partial charge in [-0.2, -0.15) is 4.31 Å². The second-order valence-corrected chi connectivity index (χ2v) is 10.1. The van der Waals surface area contributed by atoms with Gasteiger partial charge in [-0.1, -0.05) is 13.8 Å². The molecule has 1 aliphatic rings. The van der Waals surface area contributed by atoms with Gasteiger partial charge in [0.1, 0.15) is 10.3 Å². The Bertz CT molecular complexity index is 772. The molecule has 2 amide bonds. The largest absolute Gasteiger partial charge is 0.453 e. The molecular weight excluding hydrogens is 406 g/mol.